The number of aromatic carboxylic acids is 1. The number of likely N-dealkylation sites (tertiary alicyclic amines) is 1. The van der Waals surface area contributed by atoms with Crippen LogP contribution in [-0.2, 0) is 6.54 Å². The summed E-state index contributed by atoms with van der Waals surface area (Å²) in [6.45, 7) is 5.85. The zero-order valence-corrected chi connectivity index (χ0v) is 12.4. The summed E-state index contributed by atoms with van der Waals surface area (Å²) >= 11 is 0. The van der Waals surface area contributed by atoms with Gasteiger partial charge in [-0.2, -0.15) is 0 Å². The van der Waals surface area contributed by atoms with E-state index in [0.29, 0.717) is 18.2 Å². The highest BCUT2D eigenvalue weighted by Crippen LogP contribution is 2.14. The number of rotatable bonds is 6. The van der Waals surface area contributed by atoms with E-state index in [2.05, 4.69) is 17.1 Å². The summed E-state index contributed by atoms with van der Waals surface area (Å²) in [6.07, 6.45) is 3.28. The zero-order chi connectivity index (χ0) is 15.2. The lowest BCUT2D eigenvalue weighted by Gasteiger charge is -2.32. The molecule has 116 valence electrons. The summed E-state index contributed by atoms with van der Waals surface area (Å²) in [5, 5.41) is 12.3. The smallest absolute Gasteiger partial charge is 0.335 e. The fourth-order valence-electron chi connectivity index (χ4n) is 2.77. The minimum atomic E-state index is -1.02. The van der Waals surface area contributed by atoms with Gasteiger partial charge in [0.1, 0.15) is 5.82 Å². The van der Waals surface area contributed by atoms with Crippen molar-refractivity contribution in [2.75, 3.05) is 19.6 Å². The molecule has 0 spiro atoms. The molecule has 0 unspecified atom stereocenters. The van der Waals surface area contributed by atoms with Gasteiger partial charge in [-0.1, -0.05) is 6.92 Å². The van der Waals surface area contributed by atoms with E-state index in [4.69, 9.17) is 5.11 Å². The van der Waals surface area contributed by atoms with Crippen LogP contribution in [0.5, 0.6) is 0 Å². The normalized spacial score (nSPS) is 17.0. The van der Waals surface area contributed by atoms with E-state index in [0.717, 1.165) is 32.5 Å². The molecule has 1 aromatic rings. The van der Waals surface area contributed by atoms with Crippen LogP contribution in [0, 0.1) is 5.82 Å². The second kappa shape index (κ2) is 7.52. The van der Waals surface area contributed by atoms with Gasteiger partial charge in [0.25, 0.3) is 0 Å². The van der Waals surface area contributed by atoms with Crippen LogP contribution >= 0.6 is 0 Å². The third kappa shape index (κ3) is 4.51. The van der Waals surface area contributed by atoms with E-state index in [1.165, 1.54) is 24.6 Å². The number of hydrogen-bond acceptors (Lipinski definition) is 3. The Kier molecular flexibility index (Phi) is 5.70. The van der Waals surface area contributed by atoms with Crippen LogP contribution in [0.15, 0.2) is 18.2 Å². The van der Waals surface area contributed by atoms with Crippen LogP contribution in [-0.4, -0.2) is 41.7 Å². The minimum Gasteiger partial charge on any atom is -0.478 e. The maximum absolute atomic E-state index is 13.7. The molecule has 0 atom stereocenters. The molecule has 21 heavy (non-hydrogen) atoms. The van der Waals surface area contributed by atoms with Gasteiger partial charge < -0.3 is 15.3 Å². The van der Waals surface area contributed by atoms with Crippen LogP contribution in [0.4, 0.5) is 4.39 Å². The van der Waals surface area contributed by atoms with Crippen molar-refractivity contribution in [3.63, 3.8) is 0 Å². The van der Waals surface area contributed by atoms with E-state index >= 15 is 0 Å². The SMILES string of the molecule is CCCN1CCC(NCc2cc(C(=O)O)ccc2F)CC1. The molecule has 5 heteroatoms. The van der Waals surface area contributed by atoms with E-state index in [1.807, 2.05) is 0 Å². The Labute approximate surface area is 125 Å². The molecule has 1 aliphatic heterocycles. The lowest BCUT2D eigenvalue weighted by Crippen LogP contribution is -2.42. The third-order valence-corrected chi connectivity index (χ3v) is 4.00. The van der Waals surface area contributed by atoms with E-state index in [1.54, 1.807) is 0 Å². The Bertz CT molecular complexity index is 485. The molecule has 4 nitrogen and oxygen atoms in total. The number of benzene rings is 1. The first-order valence-electron chi connectivity index (χ1n) is 7.57. The second-order valence-electron chi connectivity index (χ2n) is 5.61. The van der Waals surface area contributed by atoms with Crippen molar-refractivity contribution >= 4 is 5.97 Å². The third-order valence-electron chi connectivity index (χ3n) is 4.00. The molecule has 1 aliphatic rings. The van der Waals surface area contributed by atoms with Crippen molar-refractivity contribution in [1.29, 1.82) is 0 Å². The number of carboxylic acid groups (broad SMARTS) is 1. The molecule has 0 aliphatic carbocycles. The topological polar surface area (TPSA) is 52.6 Å². The van der Waals surface area contributed by atoms with Gasteiger partial charge in [0.05, 0.1) is 5.56 Å². The average molecular weight is 294 g/mol. The summed E-state index contributed by atoms with van der Waals surface area (Å²) in [7, 11) is 0. The first kappa shape index (κ1) is 15.9. The van der Waals surface area contributed by atoms with Gasteiger partial charge in [-0.05, 0) is 57.1 Å². The number of nitrogens with zero attached hydrogens (tertiary/aromatic N) is 1. The van der Waals surface area contributed by atoms with Crippen LogP contribution < -0.4 is 5.32 Å². The Hall–Kier alpha value is -1.46. The van der Waals surface area contributed by atoms with Crippen LogP contribution in [0.1, 0.15) is 42.1 Å². The minimum absolute atomic E-state index is 0.131. The Morgan fingerprint density at radius 1 is 1.43 bits per heavy atom. The van der Waals surface area contributed by atoms with Crippen LogP contribution in [0.25, 0.3) is 0 Å². The number of nitrogens with one attached hydrogen (secondary N) is 1. The number of carboxylic acids is 1. The molecule has 1 aromatic carbocycles. The monoisotopic (exact) mass is 294 g/mol. The number of carbonyl (C=O) groups is 1. The predicted molar refractivity (Wildman–Crippen MR) is 80.0 cm³/mol. The van der Waals surface area contributed by atoms with Gasteiger partial charge in [-0.15, -0.1) is 0 Å². The Balaban J connectivity index is 1.86. The summed E-state index contributed by atoms with van der Waals surface area (Å²) in [5.74, 6) is -1.37. The number of piperidine rings is 1. The highest BCUT2D eigenvalue weighted by atomic mass is 19.1. The molecule has 0 radical (unpaired) electrons. The van der Waals surface area contributed by atoms with Crippen molar-refractivity contribution < 1.29 is 14.3 Å². The summed E-state index contributed by atoms with van der Waals surface area (Å²) < 4.78 is 13.7. The fraction of sp³-hybridized carbons (Fsp3) is 0.562. The number of halogens is 1. The molecule has 1 saturated heterocycles. The molecule has 1 fully saturated rings. The standard InChI is InChI=1S/C16H23FN2O2/c1-2-7-19-8-5-14(6-9-19)18-11-13-10-12(16(20)21)3-4-15(13)17/h3-4,10,14,18H,2,5-9,11H2,1H3,(H,20,21). The van der Waals surface area contributed by atoms with Crippen LogP contribution in [0.2, 0.25) is 0 Å². The van der Waals surface area contributed by atoms with Crippen LogP contribution in [0.3, 0.4) is 0 Å². The molecule has 2 N–H and O–H groups in total. The number of hydrogen-bond donors (Lipinski definition) is 2. The van der Waals surface area contributed by atoms with Gasteiger partial charge in [0.2, 0.25) is 0 Å². The maximum Gasteiger partial charge on any atom is 0.335 e. The van der Waals surface area contributed by atoms with E-state index in [-0.39, 0.29) is 11.4 Å². The molecule has 2 rings (SSSR count). The summed E-state index contributed by atoms with van der Waals surface area (Å²) in [4.78, 5) is 13.4. The summed E-state index contributed by atoms with van der Waals surface area (Å²) in [6, 6.07) is 4.32. The Morgan fingerprint density at radius 3 is 2.76 bits per heavy atom. The van der Waals surface area contributed by atoms with Crippen molar-refractivity contribution in [3.05, 3.63) is 35.1 Å². The highest BCUT2D eigenvalue weighted by molar-refractivity contribution is 5.87. The van der Waals surface area contributed by atoms with Crippen molar-refractivity contribution in [2.24, 2.45) is 0 Å². The van der Waals surface area contributed by atoms with Crippen molar-refractivity contribution in [1.82, 2.24) is 10.2 Å². The maximum atomic E-state index is 13.7. The molecular weight excluding hydrogens is 271 g/mol. The van der Waals surface area contributed by atoms with Gasteiger partial charge in [0, 0.05) is 18.2 Å². The molecule has 1 heterocycles. The zero-order valence-electron chi connectivity index (χ0n) is 12.4. The lowest BCUT2D eigenvalue weighted by molar-refractivity contribution is 0.0696. The van der Waals surface area contributed by atoms with E-state index in [9.17, 15) is 9.18 Å². The first-order chi connectivity index (χ1) is 10.1. The lowest BCUT2D eigenvalue weighted by atomic mass is 10.0. The predicted octanol–water partition coefficient (Wildman–Crippen LogP) is 2.49. The van der Waals surface area contributed by atoms with Gasteiger partial charge in [-0.3, -0.25) is 0 Å². The van der Waals surface area contributed by atoms with Crippen molar-refractivity contribution in [3.8, 4) is 0 Å². The van der Waals surface area contributed by atoms with E-state index < -0.39 is 5.97 Å². The van der Waals surface area contributed by atoms with Gasteiger partial charge >= 0.3 is 5.97 Å². The van der Waals surface area contributed by atoms with Gasteiger partial charge in [-0.25, -0.2) is 9.18 Å². The molecular formula is C16H23FN2O2. The largest absolute Gasteiger partial charge is 0.478 e. The van der Waals surface area contributed by atoms with Crippen molar-refractivity contribution in [2.45, 2.75) is 38.8 Å². The molecule has 0 aromatic heterocycles. The quantitative estimate of drug-likeness (QED) is 0.846. The Morgan fingerprint density at radius 2 is 2.14 bits per heavy atom. The second-order valence-corrected chi connectivity index (χ2v) is 5.61. The molecule has 0 saturated carbocycles. The fourth-order valence-corrected chi connectivity index (χ4v) is 2.77. The molecule has 0 bridgehead atoms. The summed E-state index contributed by atoms with van der Waals surface area (Å²) in [5.41, 5.74) is 0.553. The first-order valence-corrected chi connectivity index (χ1v) is 7.57. The van der Waals surface area contributed by atoms with Gasteiger partial charge in [0.15, 0.2) is 0 Å². The highest BCUT2D eigenvalue weighted by Gasteiger charge is 2.18. The average Bonchev–Trinajstić information content (AvgIpc) is 2.48. The molecule has 0 amide bonds.